The number of nitrogens with one attached hydrogen (secondary N) is 2. The Bertz CT molecular complexity index is 638. The van der Waals surface area contributed by atoms with Gasteiger partial charge in [-0.15, -0.1) is 0 Å². The molecule has 2 heterocycles. The fourth-order valence-corrected chi connectivity index (χ4v) is 1.49. The summed E-state index contributed by atoms with van der Waals surface area (Å²) in [5.74, 6) is 0. The molecule has 0 aliphatic rings. The molecule has 0 radical (unpaired) electrons. The Labute approximate surface area is 78.1 Å². The Morgan fingerprint density at radius 3 is 2.71 bits per heavy atom. The molecule has 0 aliphatic heterocycles. The molecule has 2 rings (SSSR count). The first-order valence-electron chi connectivity index (χ1n) is 3.62. The molecule has 0 spiro atoms. The molecule has 0 saturated carbocycles. The number of hydrogen-bond donors (Lipinski definition) is 2. The second-order valence-electron chi connectivity index (χ2n) is 2.77. The standard InChI is InChI=1S/C6H6N4O3S/c1-14(12,13)6-7-2-3-4(10-6)9-5(11)8-3/h2H,1H3,(H2,7,8,9,10,11). The van der Waals surface area contributed by atoms with Crippen molar-refractivity contribution in [1.29, 1.82) is 0 Å². The average Bonchev–Trinajstić information content (AvgIpc) is 2.41. The van der Waals surface area contributed by atoms with Gasteiger partial charge in [0.2, 0.25) is 15.0 Å². The van der Waals surface area contributed by atoms with Gasteiger partial charge in [0.25, 0.3) is 0 Å². The topological polar surface area (TPSA) is 109 Å². The van der Waals surface area contributed by atoms with Gasteiger partial charge in [-0.05, 0) is 0 Å². The van der Waals surface area contributed by atoms with Gasteiger partial charge < -0.3 is 4.98 Å². The maximum atomic E-state index is 11.1. The lowest BCUT2D eigenvalue weighted by Gasteiger charge is -1.94. The zero-order chi connectivity index (χ0) is 10.3. The summed E-state index contributed by atoms with van der Waals surface area (Å²) in [4.78, 5) is 22.9. The number of nitrogens with zero attached hydrogens (tertiary/aromatic N) is 2. The highest BCUT2D eigenvalue weighted by atomic mass is 32.2. The van der Waals surface area contributed by atoms with E-state index in [9.17, 15) is 13.2 Å². The number of hydrogen-bond acceptors (Lipinski definition) is 5. The minimum absolute atomic E-state index is 0.186. The van der Waals surface area contributed by atoms with Crippen LogP contribution in [0.15, 0.2) is 16.1 Å². The van der Waals surface area contributed by atoms with E-state index in [2.05, 4.69) is 19.9 Å². The van der Waals surface area contributed by atoms with Crippen LogP contribution in [0.3, 0.4) is 0 Å². The van der Waals surface area contributed by atoms with Crippen LogP contribution in [-0.4, -0.2) is 34.6 Å². The molecular weight excluding hydrogens is 208 g/mol. The zero-order valence-electron chi connectivity index (χ0n) is 7.10. The van der Waals surface area contributed by atoms with E-state index in [1.807, 2.05) is 0 Å². The van der Waals surface area contributed by atoms with Crippen molar-refractivity contribution in [1.82, 2.24) is 19.9 Å². The highest BCUT2D eigenvalue weighted by molar-refractivity contribution is 7.90. The molecular formula is C6H6N4O3S. The van der Waals surface area contributed by atoms with Crippen LogP contribution in [0.1, 0.15) is 0 Å². The van der Waals surface area contributed by atoms with Gasteiger partial charge in [0, 0.05) is 6.26 Å². The van der Waals surface area contributed by atoms with E-state index >= 15 is 0 Å². The van der Waals surface area contributed by atoms with Crippen LogP contribution in [-0.2, 0) is 9.84 Å². The molecule has 0 saturated heterocycles. The van der Waals surface area contributed by atoms with Crippen molar-refractivity contribution in [3.63, 3.8) is 0 Å². The van der Waals surface area contributed by atoms with Crippen LogP contribution >= 0.6 is 0 Å². The van der Waals surface area contributed by atoms with Gasteiger partial charge >= 0.3 is 5.69 Å². The van der Waals surface area contributed by atoms with Crippen molar-refractivity contribution >= 4 is 21.0 Å². The summed E-state index contributed by atoms with van der Waals surface area (Å²) in [6.45, 7) is 0. The Morgan fingerprint density at radius 2 is 2.07 bits per heavy atom. The fourth-order valence-electron chi connectivity index (χ4n) is 0.992. The minimum atomic E-state index is -3.44. The second-order valence-corrected chi connectivity index (χ2v) is 4.68. The molecule has 0 aromatic carbocycles. The van der Waals surface area contributed by atoms with Crippen molar-refractivity contribution in [3.05, 3.63) is 16.7 Å². The maximum Gasteiger partial charge on any atom is 0.325 e. The molecule has 7 nitrogen and oxygen atoms in total. The van der Waals surface area contributed by atoms with E-state index in [-0.39, 0.29) is 10.8 Å². The Kier molecular flexibility index (Phi) is 1.68. The molecule has 2 aromatic rings. The summed E-state index contributed by atoms with van der Waals surface area (Å²) in [6, 6.07) is 0. The molecule has 2 aromatic heterocycles. The van der Waals surface area contributed by atoms with Crippen molar-refractivity contribution in [3.8, 4) is 0 Å². The molecule has 0 unspecified atom stereocenters. The smallest absolute Gasteiger partial charge is 0.303 e. The van der Waals surface area contributed by atoms with Gasteiger partial charge in [-0.1, -0.05) is 0 Å². The molecule has 14 heavy (non-hydrogen) atoms. The van der Waals surface area contributed by atoms with Crippen LogP contribution in [0.5, 0.6) is 0 Å². The highest BCUT2D eigenvalue weighted by Gasteiger charge is 2.12. The van der Waals surface area contributed by atoms with Crippen LogP contribution in [0.25, 0.3) is 11.2 Å². The third-order valence-corrected chi connectivity index (χ3v) is 2.44. The van der Waals surface area contributed by atoms with E-state index in [0.29, 0.717) is 5.52 Å². The van der Waals surface area contributed by atoms with Crippen molar-refractivity contribution in [2.45, 2.75) is 5.16 Å². The summed E-state index contributed by atoms with van der Waals surface area (Å²) in [5.41, 5.74) is 0.118. The molecule has 2 N–H and O–H groups in total. The predicted molar refractivity (Wildman–Crippen MR) is 47.6 cm³/mol. The van der Waals surface area contributed by atoms with E-state index in [4.69, 9.17) is 0 Å². The highest BCUT2D eigenvalue weighted by Crippen LogP contribution is 2.05. The van der Waals surface area contributed by atoms with E-state index in [1.165, 1.54) is 6.20 Å². The minimum Gasteiger partial charge on any atom is -0.303 e. The first-order valence-corrected chi connectivity index (χ1v) is 5.51. The summed E-state index contributed by atoms with van der Waals surface area (Å²) >= 11 is 0. The molecule has 0 aliphatic carbocycles. The lowest BCUT2D eigenvalue weighted by atomic mass is 10.6. The number of aromatic nitrogens is 4. The number of aromatic amines is 2. The lowest BCUT2D eigenvalue weighted by molar-refractivity contribution is 0.593. The Balaban J connectivity index is 2.80. The Morgan fingerprint density at radius 1 is 1.36 bits per heavy atom. The number of rotatable bonds is 1. The van der Waals surface area contributed by atoms with Crippen molar-refractivity contribution in [2.75, 3.05) is 6.26 Å². The summed E-state index contributed by atoms with van der Waals surface area (Å²) in [5, 5.41) is -0.305. The normalized spacial score (nSPS) is 12.1. The van der Waals surface area contributed by atoms with E-state index in [0.717, 1.165) is 6.26 Å². The molecule has 74 valence electrons. The molecule has 0 fully saturated rings. The third kappa shape index (κ3) is 1.39. The van der Waals surface area contributed by atoms with Crippen molar-refractivity contribution < 1.29 is 8.42 Å². The zero-order valence-corrected chi connectivity index (χ0v) is 7.92. The Hall–Kier alpha value is -1.70. The van der Waals surface area contributed by atoms with Gasteiger partial charge in [-0.25, -0.2) is 18.2 Å². The summed E-state index contributed by atoms with van der Waals surface area (Å²) < 4.78 is 22.1. The van der Waals surface area contributed by atoms with Crippen LogP contribution in [0.2, 0.25) is 0 Å². The maximum absolute atomic E-state index is 11.1. The van der Waals surface area contributed by atoms with Crippen molar-refractivity contribution in [2.24, 2.45) is 0 Å². The third-order valence-electron chi connectivity index (χ3n) is 1.58. The monoisotopic (exact) mass is 214 g/mol. The largest absolute Gasteiger partial charge is 0.325 e. The van der Waals surface area contributed by atoms with Crippen LogP contribution in [0.4, 0.5) is 0 Å². The van der Waals surface area contributed by atoms with E-state index in [1.54, 1.807) is 0 Å². The molecule has 8 heteroatoms. The predicted octanol–water partition coefficient (Wildman–Crippen LogP) is -0.950. The van der Waals surface area contributed by atoms with E-state index < -0.39 is 15.5 Å². The first kappa shape index (κ1) is 8.88. The van der Waals surface area contributed by atoms with Gasteiger partial charge in [0.1, 0.15) is 5.52 Å². The van der Waals surface area contributed by atoms with Crippen LogP contribution < -0.4 is 5.69 Å². The van der Waals surface area contributed by atoms with Gasteiger partial charge in [0.05, 0.1) is 6.20 Å². The number of sulfone groups is 1. The average molecular weight is 214 g/mol. The quantitative estimate of drug-likeness (QED) is 0.595. The number of H-pyrrole nitrogens is 2. The lowest BCUT2D eigenvalue weighted by Crippen LogP contribution is -2.03. The summed E-state index contributed by atoms with van der Waals surface area (Å²) in [6.07, 6.45) is 2.25. The fraction of sp³-hybridized carbons (Fsp3) is 0.167. The van der Waals surface area contributed by atoms with Gasteiger partial charge in [-0.2, -0.15) is 4.98 Å². The molecule has 0 bridgehead atoms. The number of imidazole rings is 1. The van der Waals surface area contributed by atoms with Crippen LogP contribution in [0, 0.1) is 0 Å². The SMILES string of the molecule is CS(=O)(=O)c1ncc2[nH]c(=O)[nH]c2n1. The van der Waals surface area contributed by atoms with Gasteiger partial charge in [-0.3, -0.25) is 4.98 Å². The molecule has 0 atom stereocenters. The second kappa shape index (κ2) is 2.64. The molecule has 0 amide bonds. The first-order chi connectivity index (χ1) is 6.47. The number of fused-ring (bicyclic) bond motifs is 1. The summed E-state index contributed by atoms with van der Waals surface area (Å²) in [7, 11) is -3.44. The van der Waals surface area contributed by atoms with Gasteiger partial charge in [0.15, 0.2) is 5.65 Å².